The van der Waals surface area contributed by atoms with Crippen molar-refractivity contribution < 1.29 is 18.3 Å². The van der Waals surface area contributed by atoms with Gasteiger partial charge >= 0.3 is 6.18 Å². The highest BCUT2D eigenvalue weighted by Gasteiger charge is 2.42. The zero-order chi connectivity index (χ0) is 16.3. The van der Waals surface area contributed by atoms with Gasteiger partial charge in [-0.15, -0.1) is 0 Å². The first-order valence-electron chi connectivity index (χ1n) is 6.47. The van der Waals surface area contributed by atoms with Crippen LogP contribution >= 0.6 is 0 Å². The van der Waals surface area contributed by atoms with Gasteiger partial charge in [0.1, 0.15) is 5.69 Å². The highest BCUT2D eigenvalue weighted by atomic mass is 19.4. The van der Waals surface area contributed by atoms with Gasteiger partial charge in [-0.3, -0.25) is 9.98 Å². The van der Waals surface area contributed by atoms with Crippen molar-refractivity contribution in [2.45, 2.75) is 19.0 Å². The Bertz CT molecular complexity index is 650. The largest absolute Gasteiger partial charge is 0.504 e. The van der Waals surface area contributed by atoms with E-state index in [2.05, 4.69) is 9.98 Å². The minimum absolute atomic E-state index is 0.0148. The Morgan fingerprint density at radius 3 is 2.77 bits per heavy atom. The Balaban J connectivity index is 2.25. The predicted molar refractivity (Wildman–Crippen MR) is 77.9 cm³/mol. The van der Waals surface area contributed by atoms with Crippen LogP contribution in [0.25, 0.3) is 5.76 Å². The number of nitrogens with two attached hydrogens (primary N) is 2. The second kappa shape index (κ2) is 6.08. The van der Waals surface area contributed by atoms with E-state index in [1.165, 1.54) is 24.5 Å². The van der Waals surface area contributed by atoms with Gasteiger partial charge in [-0.05, 0) is 18.1 Å². The van der Waals surface area contributed by atoms with Crippen molar-refractivity contribution in [1.29, 1.82) is 0 Å². The van der Waals surface area contributed by atoms with Crippen molar-refractivity contribution in [3.63, 3.8) is 0 Å². The summed E-state index contributed by atoms with van der Waals surface area (Å²) >= 11 is 0. The molecule has 1 unspecified atom stereocenters. The molecule has 22 heavy (non-hydrogen) atoms. The fourth-order valence-corrected chi connectivity index (χ4v) is 2.19. The molecule has 0 amide bonds. The van der Waals surface area contributed by atoms with Gasteiger partial charge in [0.25, 0.3) is 0 Å². The molecule has 5 N–H and O–H groups in total. The van der Waals surface area contributed by atoms with Gasteiger partial charge < -0.3 is 16.6 Å². The topological polar surface area (TPSA) is 97.5 Å². The lowest BCUT2D eigenvalue weighted by atomic mass is 9.92. The summed E-state index contributed by atoms with van der Waals surface area (Å²) in [5, 5.41) is 9.48. The number of aliphatic imine (C=N–C) groups is 1. The average molecular weight is 312 g/mol. The average Bonchev–Trinajstić information content (AvgIpc) is 2.46. The second-order valence-electron chi connectivity index (χ2n) is 4.85. The molecule has 0 saturated carbocycles. The number of hydrogen-bond donors (Lipinski definition) is 3. The molecule has 5 nitrogen and oxygen atoms in total. The summed E-state index contributed by atoms with van der Waals surface area (Å²) in [6.07, 6.45) is 0.559. The van der Waals surface area contributed by atoms with Gasteiger partial charge in [-0.1, -0.05) is 6.08 Å². The summed E-state index contributed by atoms with van der Waals surface area (Å²) in [7, 11) is 0. The van der Waals surface area contributed by atoms with Crippen molar-refractivity contribution >= 4 is 17.2 Å². The van der Waals surface area contributed by atoms with Crippen LogP contribution in [0.3, 0.4) is 0 Å². The molecule has 1 aromatic heterocycles. The van der Waals surface area contributed by atoms with E-state index in [-0.39, 0.29) is 35.7 Å². The molecule has 0 spiro atoms. The lowest BCUT2D eigenvalue weighted by Gasteiger charge is -2.23. The van der Waals surface area contributed by atoms with Gasteiger partial charge in [0.15, 0.2) is 5.76 Å². The number of nitrogen functional groups attached to an aromatic ring is 1. The number of aliphatic hydroxyl groups is 1. The zero-order valence-corrected chi connectivity index (χ0v) is 11.5. The summed E-state index contributed by atoms with van der Waals surface area (Å²) in [6, 6.07) is 1.45. The van der Waals surface area contributed by atoms with E-state index >= 15 is 0 Å². The SMILES string of the molecule is N/C=C(/O)c1ncc(CC2=NC=CCC2C(F)(F)F)cc1N. The van der Waals surface area contributed by atoms with Crippen LogP contribution in [0.5, 0.6) is 0 Å². The Labute approximate surface area is 124 Å². The van der Waals surface area contributed by atoms with Gasteiger partial charge in [0.05, 0.1) is 11.6 Å². The van der Waals surface area contributed by atoms with Gasteiger partial charge in [-0.25, -0.2) is 0 Å². The molecule has 0 aromatic carbocycles. The number of aromatic nitrogens is 1. The smallest absolute Gasteiger partial charge is 0.397 e. The molecule has 1 aliphatic rings. The van der Waals surface area contributed by atoms with Gasteiger partial charge in [-0.2, -0.15) is 13.2 Å². The minimum atomic E-state index is -4.34. The van der Waals surface area contributed by atoms with Gasteiger partial charge in [0.2, 0.25) is 0 Å². The number of anilines is 1. The fourth-order valence-electron chi connectivity index (χ4n) is 2.19. The molecule has 0 saturated heterocycles. The van der Waals surface area contributed by atoms with E-state index in [9.17, 15) is 18.3 Å². The molecule has 1 atom stereocenters. The molecular weight excluding hydrogens is 297 g/mol. The standard InChI is InChI=1S/C14H15F3N4O/c15-14(16,17)9-2-1-3-20-11(9)5-8-4-10(19)13(21-7-8)12(22)6-18/h1,3-4,6-7,9,22H,2,5,18-19H2/b12-6+. The number of aliphatic hydroxyl groups excluding tert-OH is 1. The van der Waals surface area contributed by atoms with E-state index < -0.39 is 12.1 Å². The number of halogens is 3. The number of hydrogen-bond acceptors (Lipinski definition) is 5. The van der Waals surface area contributed by atoms with E-state index in [4.69, 9.17) is 11.5 Å². The molecule has 1 aliphatic heterocycles. The van der Waals surface area contributed by atoms with E-state index in [1.807, 2.05) is 0 Å². The summed E-state index contributed by atoms with van der Waals surface area (Å²) < 4.78 is 38.9. The Morgan fingerprint density at radius 2 is 2.18 bits per heavy atom. The normalized spacial score (nSPS) is 19.1. The third kappa shape index (κ3) is 3.38. The predicted octanol–water partition coefficient (Wildman–Crippen LogP) is 2.56. The first kappa shape index (κ1) is 15.9. The molecule has 2 rings (SSSR count). The third-order valence-electron chi connectivity index (χ3n) is 3.27. The maximum absolute atomic E-state index is 13.0. The summed E-state index contributed by atoms with van der Waals surface area (Å²) in [6.45, 7) is 0. The first-order valence-corrected chi connectivity index (χ1v) is 6.47. The van der Waals surface area contributed by atoms with Crippen molar-refractivity contribution in [1.82, 2.24) is 4.98 Å². The molecule has 0 radical (unpaired) electrons. The monoisotopic (exact) mass is 312 g/mol. The molecule has 2 heterocycles. The highest BCUT2D eigenvalue weighted by molar-refractivity contribution is 5.90. The summed E-state index contributed by atoms with van der Waals surface area (Å²) in [5.74, 6) is -1.90. The molecule has 1 aromatic rings. The minimum Gasteiger partial charge on any atom is -0.504 e. The fraction of sp³-hybridized carbons (Fsp3) is 0.286. The van der Waals surface area contributed by atoms with Crippen molar-refractivity contribution in [2.75, 3.05) is 5.73 Å². The maximum Gasteiger partial charge on any atom is 0.397 e. The van der Waals surface area contributed by atoms with E-state index in [0.29, 0.717) is 5.56 Å². The number of pyridine rings is 1. The van der Waals surface area contributed by atoms with Crippen molar-refractivity contribution in [3.8, 4) is 0 Å². The quantitative estimate of drug-likeness (QED) is 0.747. The van der Waals surface area contributed by atoms with E-state index in [1.54, 1.807) is 0 Å². The Kier molecular flexibility index (Phi) is 4.39. The number of alkyl halides is 3. The van der Waals surface area contributed by atoms with Gasteiger partial charge in [0, 0.05) is 30.7 Å². The molecule has 118 valence electrons. The highest BCUT2D eigenvalue weighted by Crippen LogP contribution is 2.33. The molecule has 0 bridgehead atoms. The Hall–Kier alpha value is -2.51. The molecule has 0 aliphatic carbocycles. The number of allylic oxidation sites excluding steroid dienone is 1. The lowest BCUT2D eigenvalue weighted by Crippen LogP contribution is -2.32. The van der Waals surface area contributed by atoms with Crippen LogP contribution in [0, 0.1) is 5.92 Å². The lowest BCUT2D eigenvalue weighted by molar-refractivity contribution is -0.155. The van der Waals surface area contributed by atoms with Crippen LogP contribution in [0.4, 0.5) is 18.9 Å². The Morgan fingerprint density at radius 1 is 1.45 bits per heavy atom. The first-order chi connectivity index (χ1) is 10.3. The van der Waals surface area contributed by atoms with Crippen LogP contribution in [-0.2, 0) is 6.42 Å². The van der Waals surface area contributed by atoms with Crippen molar-refractivity contribution in [2.24, 2.45) is 16.6 Å². The second-order valence-corrected chi connectivity index (χ2v) is 4.85. The summed E-state index contributed by atoms with van der Waals surface area (Å²) in [4.78, 5) is 7.77. The van der Waals surface area contributed by atoms with Crippen LogP contribution in [-0.4, -0.2) is 22.0 Å². The molecule has 8 heteroatoms. The molecule has 0 fully saturated rings. The van der Waals surface area contributed by atoms with Crippen LogP contribution < -0.4 is 11.5 Å². The van der Waals surface area contributed by atoms with Crippen LogP contribution in [0.1, 0.15) is 17.7 Å². The maximum atomic E-state index is 13.0. The van der Waals surface area contributed by atoms with Crippen LogP contribution in [0.15, 0.2) is 35.7 Å². The number of rotatable bonds is 3. The molecular formula is C14H15F3N4O. The summed E-state index contributed by atoms with van der Waals surface area (Å²) in [5.41, 5.74) is 11.6. The third-order valence-corrected chi connectivity index (χ3v) is 3.27. The zero-order valence-electron chi connectivity index (χ0n) is 11.5. The van der Waals surface area contributed by atoms with Crippen LogP contribution in [0.2, 0.25) is 0 Å². The van der Waals surface area contributed by atoms with Crippen molar-refractivity contribution in [3.05, 3.63) is 42.0 Å². The number of nitrogens with zero attached hydrogens (tertiary/aromatic N) is 2. The van der Waals surface area contributed by atoms with E-state index in [0.717, 1.165) is 6.20 Å².